The molecule has 18 heavy (non-hydrogen) atoms. The first kappa shape index (κ1) is 10.6. The molecular weight excluding hydrogens is 228 g/mol. The molecule has 3 aromatic rings. The van der Waals surface area contributed by atoms with Gasteiger partial charge in [0.15, 0.2) is 0 Å². The number of hydrogen-bond acceptors (Lipinski definition) is 2. The summed E-state index contributed by atoms with van der Waals surface area (Å²) in [6.07, 6.45) is 0. The lowest BCUT2D eigenvalue weighted by Gasteiger charge is -2.06. The Labute approximate surface area is 103 Å². The minimum atomic E-state index is -0.944. The topological polar surface area (TPSA) is 57.5 Å². The van der Waals surface area contributed by atoms with E-state index in [1.807, 2.05) is 18.2 Å². The minimum Gasteiger partial charge on any atom is -0.507 e. The smallest absolute Gasteiger partial charge is 0.336 e. The number of carbonyl (C=O) groups is 1. The molecule has 3 nitrogen and oxygen atoms in total. The molecule has 3 heteroatoms. The highest BCUT2D eigenvalue weighted by Gasteiger charge is 2.09. The Kier molecular flexibility index (Phi) is 2.20. The summed E-state index contributed by atoms with van der Waals surface area (Å²) in [4.78, 5) is 11.2. The van der Waals surface area contributed by atoms with Crippen molar-refractivity contribution in [3.05, 3.63) is 54.1 Å². The van der Waals surface area contributed by atoms with Gasteiger partial charge < -0.3 is 10.2 Å². The molecule has 2 N–H and O–H groups in total. The summed E-state index contributed by atoms with van der Waals surface area (Å²) in [6.45, 7) is 0. The van der Waals surface area contributed by atoms with E-state index in [0.29, 0.717) is 5.39 Å². The molecule has 3 aromatic carbocycles. The highest BCUT2D eigenvalue weighted by molar-refractivity contribution is 6.09. The van der Waals surface area contributed by atoms with Gasteiger partial charge in [0.2, 0.25) is 0 Å². The first-order valence-electron chi connectivity index (χ1n) is 5.54. The van der Waals surface area contributed by atoms with Crippen LogP contribution in [0, 0.1) is 0 Å². The Morgan fingerprint density at radius 3 is 2.22 bits per heavy atom. The molecule has 0 radical (unpaired) electrons. The van der Waals surface area contributed by atoms with Crippen molar-refractivity contribution in [2.24, 2.45) is 0 Å². The maximum Gasteiger partial charge on any atom is 0.336 e. The van der Waals surface area contributed by atoms with Crippen molar-refractivity contribution in [2.75, 3.05) is 0 Å². The van der Waals surface area contributed by atoms with Crippen LogP contribution in [0.25, 0.3) is 21.5 Å². The molecule has 3 rings (SSSR count). The van der Waals surface area contributed by atoms with Crippen LogP contribution in [-0.2, 0) is 0 Å². The average molecular weight is 238 g/mol. The first-order valence-corrected chi connectivity index (χ1v) is 5.54. The standard InChI is InChI=1S/C15H10O3/c16-14-6-2-4-10-7-12-9(8-13(10)14)3-1-5-11(12)15(17)18/h1-8,16H,(H,17,18). The van der Waals surface area contributed by atoms with Crippen LogP contribution in [-0.4, -0.2) is 16.2 Å². The normalized spacial score (nSPS) is 10.9. The molecule has 0 aliphatic heterocycles. The van der Waals surface area contributed by atoms with E-state index >= 15 is 0 Å². The lowest BCUT2D eigenvalue weighted by Crippen LogP contribution is -1.96. The third kappa shape index (κ3) is 1.49. The molecule has 0 aliphatic carbocycles. The summed E-state index contributed by atoms with van der Waals surface area (Å²) in [5.74, 6) is -0.741. The monoisotopic (exact) mass is 238 g/mol. The summed E-state index contributed by atoms with van der Waals surface area (Å²) in [5.41, 5.74) is 0.276. The summed E-state index contributed by atoms with van der Waals surface area (Å²) < 4.78 is 0. The zero-order valence-electron chi connectivity index (χ0n) is 9.42. The van der Waals surface area contributed by atoms with E-state index in [4.69, 9.17) is 5.11 Å². The van der Waals surface area contributed by atoms with Gasteiger partial charge in [-0.25, -0.2) is 4.79 Å². The van der Waals surface area contributed by atoms with Crippen molar-refractivity contribution < 1.29 is 15.0 Å². The molecule has 0 heterocycles. The maximum atomic E-state index is 11.2. The summed E-state index contributed by atoms with van der Waals surface area (Å²) in [7, 11) is 0. The van der Waals surface area contributed by atoms with Crippen LogP contribution >= 0.6 is 0 Å². The summed E-state index contributed by atoms with van der Waals surface area (Å²) in [6, 6.07) is 14.0. The number of aromatic hydroxyl groups is 1. The van der Waals surface area contributed by atoms with Crippen LogP contribution in [0.2, 0.25) is 0 Å². The van der Waals surface area contributed by atoms with Crippen LogP contribution < -0.4 is 0 Å². The second kappa shape index (κ2) is 3.74. The average Bonchev–Trinajstić information content (AvgIpc) is 2.36. The molecule has 0 amide bonds. The van der Waals surface area contributed by atoms with E-state index in [-0.39, 0.29) is 11.3 Å². The molecule has 0 unspecified atom stereocenters. The zero-order chi connectivity index (χ0) is 12.7. The summed E-state index contributed by atoms with van der Waals surface area (Å²) >= 11 is 0. The molecular formula is C15H10O3. The molecule has 0 saturated carbocycles. The lowest BCUT2D eigenvalue weighted by molar-refractivity contribution is 0.0699. The fourth-order valence-electron chi connectivity index (χ4n) is 2.22. The van der Waals surface area contributed by atoms with Crippen LogP contribution in [0.15, 0.2) is 48.5 Å². The predicted octanol–water partition coefficient (Wildman–Crippen LogP) is 3.40. The van der Waals surface area contributed by atoms with Crippen molar-refractivity contribution >= 4 is 27.5 Å². The van der Waals surface area contributed by atoms with E-state index in [9.17, 15) is 9.90 Å². The van der Waals surface area contributed by atoms with Crippen LogP contribution in [0.1, 0.15) is 10.4 Å². The van der Waals surface area contributed by atoms with E-state index < -0.39 is 5.97 Å². The fraction of sp³-hybridized carbons (Fsp3) is 0. The zero-order valence-corrected chi connectivity index (χ0v) is 9.42. The summed E-state index contributed by atoms with van der Waals surface area (Å²) in [5, 5.41) is 22.0. The number of carboxylic acid groups (broad SMARTS) is 1. The number of benzene rings is 3. The third-order valence-electron chi connectivity index (χ3n) is 3.09. The number of aromatic carboxylic acids is 1. The van der Waals surface area contributed by atoms with Gasteiger partial charge in [-0.1, -0.05) is 24.3 Å². The minimum absolute atomic E-state index is 0.204. The Bertz CT molecular complexity index is 775. The van der Waals surface area contributed by atoms with Gasteiger partial charge in [-0.05, 0) is 40.4 Å². The Morgan fingerprint density at radius 1 is 0.889 bits per heavy atom. The van der Waals surface area contributed by atoms with E-state index in [0.717, 1.165) is 16.2 Å². The lowest BCUT2D eigenvalue weighted by atomic mass is 9.99. The van der Waals surface area contributed by atoms with Crippen molar-refractivity contribution in [3.8, 4) is 5.75 Å². The first-order chi connectivity index (χ1) is 8.66. The molecule has 0 aliphatic rings. The number of carboxylic acids is 1. The SMILES string of the molecule is O=C(O)c1cccc2cc3c(O)cccc3cc12. The number of hydrogen-bond donors (Lipinski definition) is 2. The fourth-order valence-corrected chi connectivity index (χ4v) is 2.22. The number of phenols is 1. The van der Waals surface area contributed by atoms with Gasteiger partial charge in [0.1, 0.15) is 5.75 Å². The van der Waals surface area contributed by atoms with Crippen LogP contribution in [0.3, 0.4) is 0 Å². The van der Waals surface area contributed by atoms with Gasteiger partial charge in [0.05, 0.1) is 5.56 Å². The molecule has 0 fully saturated rings. The quantitative estimate of drug-likeness (QED) is 0.639. The van der Waals surface area contributed by atoms with Gasteiger partial charge in [-0.15, -0.1) is 0 Å². The van der Waals surface area contributed by atoms with Crippen molar-refractivity contribution in [2.45, 2.75) is 0 Å². The van der Waals surface area contributed by atoms with Crippen LogP contribution in [0.5, 0.6) is 5.75 Å². The van der Waals surface area contributed by atoms with E-state index in [2.05, 4.69) is 0 Å². The largest absolute Gasteiger partial charge is 0.507 e. The second-order valence-electron chi connectivity index (χ2n) is 4.18. The number of rotatable bonds is 1. The van der Waals surface area contributed by atoms with Crippen molar-refractivity contribution in [1.29, 1.82) is 0 Å². The van der Waals surface area contributed by atoms with E-state index in [1.165, 1.54) is 0 Å². The van der Waals surface area contributed by atoms with Gasteiger partial charge in [0, 0.05) is 5.39 Å². The van der Waals surface area contributed by atoms with Crippen molar-refractivity contribution in [1.82, 2.24) is 0 Å². The van der Waals surface area contributed by atoms with Crippen LogP contribution in [0.4, 0.5) is 0 Å². The third-order valence-corrected chi connectivity index (χ3v) is 3.09. The van der Waals surface area contributed by atoms with Gasteiger partial charge in [-0.3, -0.25) is 0 Å². The molecule has 88 valence electrons. The van der Waals surface area contributed by atoms with Gasteiger partial charge in [-0.2, -0.15) is 0 Å². The highest BCUT2D eigenvalue weighted by atomic mass is 16.4. The second-order valence-corrected chi connectivity index (χ2v) is 4.18. The van der Waals surface area contributed by atoms with E-state index in [1.54, 1.807) is 30.3 Å². The number of phenolic OH excluding ortho intramolecular Hbond substituents is 1. The highest BCUT2D eigenvalue weighted by Crippen LogP contribution is 2.30. The maximum absolute atomic E-state index is 11.2. The predicted molar refractivity (Wildman–Crippen MR) is 70.1 cm³/mol. The molecule has 0 bridgehead atoms. The Hall–Kier alpha value is -2.55. The molecule has 0 saturated heterocycles. The molecule has 0 aromatic heterocycles. The van der Waals surface area contributed by atoms with Crippen molar-refractivity contribution in [3.63, 3.8) is 0 Å². The Balaban J connectivity index is 2.49. The number of fused-ring (bicyclic) bond motifs is 2. The van der Waals surface area contributed by atoms with Gasteiger partial charge >= 0.3 is 5.97 Å². The Morgan fingerprint density at radius 2 is 1.50 bits per heavy atom. The molecule has 0 spiro atoms. The van der Waals surface area contributed by atoms with Gasteiger partial charge in [0.25, 0.3) is 0 Å². The molecule has 0 atom stereocenters.